The Morgan fingerprint density at radius 2 is 1.12 bits per heavy atom. The van der Waals surface area contributed by atoms with E-state index in [0.717, 1.165) is 0 Å². The quantitative estimate of drug-likeness (QED) is 0.470. The number of hydrogen-bond donors (Lipinski definition) is 3. The Balaban J connectivity index is -0.0000000575. The van der Waals surface area contributed by atoms with Gasteiger partial charge in [-0.2, -0.15) is 0 Å². The molecule has 0 unspecified atom stereocenters. The van der Waals surface area contributed by atoms with Crippen LogP contribution in [0.5, 0.6) is 0 Å². The summed E-state index contributed by atoms with van der Waals surface area (Å²) < 4.78 is 0. The molecule has 8 heteroatoms. The van der Waals surface area contributed by atoms with Crippen molar-refractivity contribution in [2.75, 3.05) is 0 Å². The average Bonchev–Trinajstić information content (AvgIpc) is 1.33. The number of halogens is 2. The van der Waals surface area contributed by atoms with Gasteiger partial charge in [-0.3, -0.25) is 0 Å². The van der Waals surface area contributed by atoms with Crippen molar-refractivity contribution in [2.45, 2.75) is 0 Å². The van der Waals surface area contributed by atoms with Crippen LogP contribution >= 0.6 is 19.4 Å². The molecule has 0 aromatic heterocycles. The molecular weight excluding hydrogens is 299 g/mol. The predicted octanol–water partition coefficient (Wildman–Crippen LogP) is -1.66. The van der Waals surface area contributed by atoms with Gasteiger partial charge in [0.15, 0.2) is 0 Å². The summed E-state index contributed by atoms with van der Waals surface area (Å²) >= 11 is -0.250. The molecule has 0 aliphatic carbocycles. The fourth-order valence-electron chi connectivity index (χ4n) is 0. The third kappa shape index (κ3) is 57.0. The molecule has 0 saturated carbocycles. The van der Waals surface area contributed by atoms with Crippen molar-refractivity contribution in [3.8, 4) is 0 Å². The van der Waals surface area contributed by atoms with Crippen molar-refractivity contribution in [3.05, 3.63) is 0 Å². The van der Waals surface area contributed by atoms with E-state index in [1.807, 2.05) is 0 Å². The molecule has 3 nitrogen and oxygen atoms in total. The Kier molecular flexibility index (Phi) is 36.7. The van der Waals surface area contributed by atoms with Crippen LogP contribution in [0.3, 0.4) is 0 Å². The van der Waals surface area contributed by atoms with Gasteiger partial charge in [0.2, 0.25) is 0 Å². The molecule has 0 amide bonds. The van der Waals surface area contributed by atoms with E-state index in [1.165, 1.54) is 0 Å². The van der Waals surface area contributed by atoms with Gasteiger partial charge in [0.05, 0.1) is 0 Å². The normalized spacial score (nSPS) is 4.62. The first-order valence-electron chi connectivity index (χ1n) is 1.31. The minimum absolute atomic E-state index is 0. The molecule has 3 N–H and O–H groups in total. The Morgan fingerprint density at radius 1 is 1.12 bits per heavy atom. The molecule has 0 heterocycles. The Labute approximate surface area is 105 Å². The van der Waals surface area contributed by atoms with Crippen molar-refractivity contribution >= 4 is 92.4 Å². The molecule has 0 spiro atoms. The molecule has 0 radical (unpaired) electrons. The third-order valence-electron chi connectivity index (χ3n) is 0. The zero-order chi connectivity index (χ0) is 6.28. The van der Waals surface area contributed by atoms with Gasteiger partial charge in [-0.25, -0.2) is 0 Å². The first kappa shape index (κ1) is 17.5. The molecule has 0 aromatic rings. The molecule has 0 aliphatic rings. The Hall–Kier alpha value is 3.42. The molecule has 0 fully saturated rings. The van der Waals surface area contributed by atoms with Gasteiger partial charge >= 0.3 is 92.4 Å². The zero-order valence-corrected chi connectivity index (χ0v) is 8.76. The summed E-state index contributed by atoms with van der Waals surface area (Å²) in [6.45, 7) is 0. The molecule has 0 rings (SSSR count). The maximum atomic E-state index is 7.17. The monoisotopic (exact) mass is 302 g/mol. The van der Waals surface area contributed by atoms with Crippen LogP contribution in [0, 0.1) is 0 Å². The van der Waals surface area contributed by atoms with Crippen LogP contribution in [0.15, 0.2) is 0 Å². The van der Waals surface area contributed by atoms with Gasteiger partial charge in [0.25, 0.3) is 0 Å². The van der Waals surface area contributed by atoms with Crippen molar-refractivity contribution in [1.82, 2.24) is 0 Å². The van der Waals surface area contributed by atoms with Crippen LogP contribution < -0.4 is 0 Å². The molecule has 0 aromatic carbocycles. The van der Waals surface area contributed by atoms with Gasteiger partial charge in [0.1, 0.15) is 0 Å². The molecule has 0 atom stereocenters. The van der Waals surface area contributed by atoms with Gasteiger partial charge in [-0.05, 0) is 0 Å². The van der Waals surface area contributed by atoms with E-state index in [-0.39, 0.29) is 65.7 Å². The van der Waals surface area contributed by atoms with Crippen LogP contribution in [-0.4, -0.2) is 88.1 Å². The van der Waals surface area contributed by atoms with Crippen LogP contribution in [0.1, 0.15) is 0 Å². The van der Waals surface area contributed by atoms with E-state index in [0.29, 0.717) is 0 Å². The van der Waals surface area contributed by atoms with Crippen LogP contribution in [0.2, 0.25) is 0 Å². The Bertz CT molecular complexity index is 26.5. The second-order valence-corrected chi connectivity index (χ2v) is 11.6. The molecule has 0 aliphatic heterocycles. The average molecular weight is 304 g/mol. The predicted molar refractivity (Wildman–Crippen MR) is 44.6 cm³/mol. The van der Waals surface area contributed by atoms with Crippen LogP contribution in [0.4, 0.5) is 0 Å². The topological polar surface area (TPSA) is 60.7 Å². The molecule has 44 valence electrons. The van der Waals surface area contributed by atoms with Crippen molar-refractivity contribution in [3.63, 3.8) is 0 Å². The molecule has 0 saturated heterocycles. The summed E-state index contributed by atoms with van der Waals surface area (Å²) in [5.74, 6) is 0. The van der Waals surface area contributed by atoms with Gasteiger partial charge in [-0.15, -0.1) is 0 Å². The Morgan fingerprint density at radius 3 is 1.12 bits per heavy atom. The van der Waals surface area contributed by atoms with E-state index < -0.39 is 7.32 Å². The second kappa shape index (κ2) is 16.8. The second-order valence-electron chi connectivity index (χ2n) is 0.447. The maximum absolute atomic E-state index is 7.17. The van der Waals surface area contributed by atoms with Crippen molar-refractivity contribution < 1.29 is 15.1 Å². The minimum atomic E-state index is -2.17. The van der Waals surface area contributed by atoms with E-state index in [1.54, 1.807) is 0 Å². The van der Waals surface area contributed by atoms with Crippen LogP contribution in [0.25, 0.3) is 0 Å². The summed E-state index contributed by atoms with van der Waals surface area (Å²) in [6, 6.07) is 0. The van der Waals surface area contributed by atoms with E-state index in [2.05, 4.69) is 19.4 Å². The van der Waals surface area contributed by atoms with E-state index in [9.17, 15) is 0 Å². The molecule has 0 bridgehead atoms. The summed E-state index contributed by atoms with van der Waals surface area (Å²) in [4.78, 5) is 0. The molecule has 8 heavy (non-hydrogen) atoms. The van der Waals surface area contributed by atoms with Crippen molar-refractivity contribution in [2.24, 2.45) is 0 Å². The number of rotatable bonds is 0. The van der Waals surface area contributed by atoms with Crippen molar-refractivity contribution in [1.29, 1.82) is 0 Å². The van der Waals surface area contributed by atoms with E-state index >= 15 is 0 Å². The van der Waals surface area contributed by atoms with Crippen LogP contribution in [-0.2, 0) is 0 Å². The first-order chi connectivity index (χ1) is 3.15. The zero-order valence-electron chi connectivity index (χ0n) is 3.38. The van der Waals surface area contributed by atoms with Gasteiger partial charge in [0, 0.05) is 0 Å². The number of hydrogen-bond acceptors (Lipinski definition) is 3. The fraction of sp³-hybridized carbons (Fsp3) is 0. The standard InChI is InChI=1S/BH3O3.2BrH.2Ca.2H/c2-1(3)4;;;;;;/h2-4H;2*1H;;;;/q;;;;+2;;/p-2. The van der Waals surface area contributed by atoms with Gasteiger partial charge in [-0.1, -0.05) is 0 Å². The fourth-order valence-corrected chi connectivity index (χ4v) is 0. The SMILES string of the molecule is OB(O)O.[Br][Ca][Br].[CaH2]. The molecular formula is H5BBr2Ca2O3. The van der Waals surface area contributed by atoms with Gasteiger partial charge < -0.3 is 15.1 Å². The summed E-state index contributed by atoms with van der Waals surface area (Å²) in [5, 5.41) is 21.5. The summed E-state index contributed by atoms with van der Waals surface area (Å²) in [7, 11) is 4.33. The summed E-state index contributed by atoms with van der Waals surface area (Å²) in [6.07, 6.45) is 0. The summed E-state index contributed by atoms with van der Waals surface area (Å²) in [5.41, 5.74) is 0. The first-order valence-corrected chi connectivity index (χ1v) is 12.2. The van der Waals surface area contributed by atoms with E-state index in [4.69, 9.17) is 15.1 Å². The third-order valence-corrected chi connectivity index (χ3v) is 0.